The zero-order valence-electron chi connectivity index (χ0n) is 10.8. The minimum Gasteiger partial charge on any atom is -0.461 e. The van der Waals surface area contributed by atoms with Crippen LogP contribution < -0.4 is 5.32 Å². The van der Waals surface area contributed by atoms with Crippen molar-refractivity contribution in [3.8, 4) is 0 Å². The molecule has 0 unspecified atom stereocenters. The predicted molar refractivity (Wildman–Crippen MR) is 65.2 cm³/mol. The van der Waals surface area contributed by atoms with Crippen LogP contribution in [0.3, 0.4) is 0 Å². The van der Waals surface area contributed by atoms with Crippen LogP contribution in [0.25, 0.3) is 0 Å². The molecule has 16 heavy (non-hydrogen) atoms. The van der Waals surface area contributed by atoms with Gasteiger partial charge in [-0.05, 0) is 44.1 Å². The fourth-order valence-electron chi connectivity index (χ4n) is 2.04. The third kappa shape index (κ3) is 5.50. The number of hydrogen-bond donors (Lipinski definition) is 1. The Hall–Kier alpha value is -0.570. The Balaban J connectivity index is 2.09. The zero-order chi connectivity index (χ0) is 12.0. The van der Waals surface area contributed by atoms with Gasteiger partial charge >= 0.3 is 5.97 Å². The highest BCUT2D eigenvalue weighted by Crippen LogP contribution is 2.25. The smallest absolute Gasteiger partial charge is 0.320 e. The molecule has 0 aromatic heterocycles. The first kappa shape index (κ1) is 13.5. The fraction of sp³-hybridized carbons (Fsp3) is 0.923. The largest absolute Gasteiger partial charge is 0.461 e. The molecule has 0 atom stereocenters. The number of rotatable bonds is 5. The molecule has 0 aromatic rings. The molecule has 3 nitrogen and oxygen atoms in total. The quantitative estimate of drug-likeness (QED) is 0.733. The van der Waals surface area contributed by atoms with E-state index in [0.29, 0.717) is 12.5 Å². The van der Waals surface area contributed by atoms with E-state index in [9.17, 15) is 4.79 Å². The van der Waals surface area contributed by atoms with E-state index in [1.54, 1.807) is 0 Å². The topological polar surface area (TPSA) is 38.3 Å². The number of carbonyl (C=O) groups excluding carboxylic acids is 1. The van der Waals surface area contributed by atoms with Gasteiger partial charge in [-0.1, -0.05) is 20.8 Å². The first-order valence-electron chi connectivity index (χ1n) is 6.48. The van der Waals surface area contributed by atoms with Crippen LogP contribution in [0.2, 0.25) is 0 Å². The molecule has 1 aliphatic rings. The van der Waals surface area contributed by atoms with Crippen molar-refractivity contribution >= 4 is 5.97 Å². The van der Waals surface area contributed by atoms with Crippen molar-refractivity contribution in [3.63, 3.8) is 0 Å². The Bertz CT molecular complexity index is 208. The Morgan fingerprint density at radius 2 is 1.94 bits per heavy atom. The van der Waals surface area contributed by atoms with Crippen LogP contribution in [-0.4, -0.2) is 25.2 Å². The van der Waals surface area contributed by atoms with Crippen LogP contribution in [0, 0.1) is 11.8 Å². The molecule has 0 aliphatic heterocycles. The van der Waals surface area contributed by atoms with Gasteiger partial charge in [0.15, 0.2) is 0 Å². The predicted octanol–water partition coefficient (Wildman–Crippen LogP) is 2.35. The highest BCUT2D eigenvalue weighted by atomic mass is 16.5. The van der Waals surface area contributed by atoms with Crippen molar-refractivity contribution in [3.05, 3.63) is 0 Å². The molecular formula is C13H25NO2. The van der Waals surface area contributed by atoms with Crippen LogP contribution in [0.15, 0.2) is 0 Å². The van der Waals surface area contributed by atoms with E-state index in [1.807, 2.05) is 0 Å². The fourth-order valence-corrected chi connectivity index (χ4v) is 2.04. The van der Waals surface area contributed by atoms with Gasteiger partial charge in [0.2, 0.25) is 0 Å². The maximum atomic E-state index is 11.5. The van der Waals surface area contributed by atoms with Crippen molar-refractivity contribution < 1.29 is 9.53 Å². The summed E-state index contributed by atoms with van der Waals surface area (Å²) in [6.07, 6.45) is 4.63. The van der Waals surface area contributed by atoms with Gasteiger partial charge in [0.25, 0.3) is 0 Å². The Kier molecular flexibility index (Phi) is 5.81. The van der Waals surface area contributed by atoms with Crippen molar-refractivity contribution in [2.24, 2.45) is 11.8 Å². The van der Waals surface area contributed by atoms with E-state index in [2.05, 4.69) is 26.1 Å². The van der Waals surface area contributed by atoms with Crippen molar-refractivity contribution in [1.29, 1.82) is 0 Å². The average molecular weight is 227 g/mol. The molecule has 1 saturated carbocycles. The van der Waals surface area contributed by atoms with Gasteiger partial charge in [-0.15, -0.1) is 0 Å². The lowest BCUT2D eigenvalue weighted by Gasteiger charge is -2.26. The van der Waals surface area contributed by atoms with Crippen LogP contribution in [-0.2, 0) is 9.53 Å². The molecule has 0 aromatic carbocycles. The number of hydrogen-bond acceptors (Lipinski definition) is 3. The first-order valence-corrected chi connectivity index (χ1v) is 6.48. The van der Waals surface area contributed by atoms with Crippen LogP contribution in [0.4, 0.5) is 0 Å². The van der Waals surface area contributed by atoms with Gasteiger partial charge < -0.3 is 10.1 Å². The molecule has 1 fully saturated rings. The lowest BCUT2D eigenvalue weighted by molar-refractivity contribution is -0.149. The minimum atomic E-state index is -0.0970. The molecule has 0 heterocycles. The second-order valence-corrected chi connectivity index (χ2v) is 5.40. The van der Waals surface area contributed by atoms with Crippen molar-refractivity contribution in [2.75, 3.05) is 13.1 Å². The number of carbonyl (C=O) groups is 1. The number of nitrogens with one attached hydrogen (secondary N) is 1. The molecule has 0 bridgehead atoms. The molecule has 94 valence electrons. The van der Waals surface area contributed by atoms with Crippen LogP contribution in [0.1, 0.15) is 46.5 Å². The summed E-state index contributed by atoms with van der Waals surface area (Å²) < 4.78 is 5.42. The molecule has 1 aliphatic carbocycles. The monoisotopic (exact) mass is 227 g/mol. The lowest BCUT2D eigenvalue weighted by Crippen LogP contribution is -2.31. The second kappa shape index (κ2) is 6.89. The second-order valence-electron chi connectivity index (χ2n) is 5.40. The maximum Gasteiger partial charge on any atom is 0.320 e. The summed E-state index contributed by atoms with van der Waals surface area (Å²) in [4.78, 5) is 11.5. The maximum absolute atomic E-state index is 11.5. The normalized spacial score (nSPS) is 25.8. The molecule has 1 N–H and O–H groups in total. The van der Waals surface area contributed by atoms with Gasteiger partial charge in [0.05, 0.1) is 6.54 Å². The summed E-state index contributed by atoms with van der Waals surface area (Å²) in [6, 6.07) is 0. The highest BCUT2D eigenvalue weighted by molar-refractivity contribution is 5.71. The highest BCUT2D eigenvalue weighted by Gasteiger charge is 2.21. The third-order valence-electron chi connectivity index (χ3n) is 3.08. The van der Waals surface area contributed by atoms with Crippen molar-refractivity contribution in [2.45, 2.75) is 52.6 Å². The molecular weight excluding hydrogens is 202 g/mol. The molecule has 0 saturated heterocycles. The number of esters is 1. The van der Waals surface area contributed by atoms with E-state index in [4.69, 9.17) is 4.74 Å². The van der Waals surface area contributed by atoms with E-state index >= 15 is 0 Å². The SMILES string of the molecule is CC(C)CNCC(=O)OC1CCC(C)CC1. The van der Waals surface area contributed by atoms with Gasteiger partial charge in [0.1, 0.15) is 6.10 Å². The molecule has 0 radical (unpaired) electrons. The lowest BCUT2D eigenvalue weighted by atomic mass is 9.89. The van der Waals surface area contributed by atoms with Crippen LogP contribution >= 0.6 is 0 Å². The average Bonchev–Trinajstić information content (AvgIpc) is 2.21. The summed E-state index contributed by atoms with van der Waals surface area (Å²) in [7, 11) is 0. The van der Waals surface area contributed by atoms with Gasteiger partial charge in [-0.2, -0.15) is 0 Å². The molecule has 0 amide bonds. The minimum absolute atomic E-state index is 0.0970. The Labute approximate surface area is 98.9 Å². The Morgan fingerprint density at radius 3 is 2.50 bits per heavy atom. The first-order chi connectivity index (χ1) is 7.58. The summed E-state index contributed by atoms with van der Waals surface area (Å²) in [6.45, 7) is 7.74. The zero-order valence-corrected chi connectivity index (χ0v) is 10.8. The summed E-state index contributed by atoms with van der Waals surface area (Å²) >= 11 is 0. The van der Waals surface area contributed by atoms with E-state index in [0.717, 1.165) is 25.3 Å². The van der Waals surface area contributed by atoms with Gasteiger partial charge in [0, 0.05) is 0 Å². The molecule has 3 heteroatoms. The molecule has 0 spiro atoms. The van der Waals surface area contributed by atoms with E-state index in [-0.39, 0.29) is 12.1 Å². The van der Waals surface area contributed by atoms with Crippen LogP contribution in [0.5, 0.6) is 0 Å². The van der Waals surface area contributed by atoms with Crippen molar-refractivity contribution in [1.82, 2.24) is 5.32 Å². The van der Waals surface area contributed by atoms with E-state index in [1.165, 1.54) is 12.8 Å². The van der Waals surface area contributed by atoms with E-state index < -0.39 is 0 Å². The summed E-state index contributed by atoms with van der Waals surface area (Å²) in [5.41, 5.74) is 0. The summed E-state index contributed by atoms with van der Waals surface area (Å²) in [5, 5.41) is 3.11. The number of ether oxygens (including phenoxy) is 1. The van der Waals surface area contributed by atoms with Gasteiger partial charge in [-0.25, -0.2) is 0 Å². The van der Waals surface area contributed by atoms with Gasteiger partial charge in [-0.3, -0.25) is 4.79 Å². The Morgan fingerprint density at radius 1 is 1.31 bits per heavy atom. The third-order valence-corrected chi connectivity index (χ3v) is 3.08. The summed E-state index contributed by atoms with van der Waals surface area (Å²) in [5.74, 6) is 1.28. The standard InChI is InChI=1S/C13H25NO2/c1-10(2)8-14-9-13(15)16-12-6-4-11(3)5-7-12/h10-12,14H,4-9H2,1-3H3. The molecule has 1 rings (SSSR count).